The quantitative estimate of drug-likeness (QED) is 0.765. The van der Waals surface area contributed by atoms with Crippen LogP contribution < -0.4 is 4.74 Å². The van der Waals surface area contributed by atoms with Gasteiger partial charge >= 0.3 is 0 Å². The fourth-order valence-electron chi connectivity index (χ4n) is 1.25. The molecule has 0 heterocycles. The van der Waals surface area contributed by atoms with Gasteiger partial charge in [-0.15, -0.1) is 0 Å². The van der Waals surface area contributed by atoms with Gasteiger partial charge in [-0.05, 0) is 37.1 Å². The Bertz CT molecular complexity index is 295. The maximum absolute atomic E-state index is 9.33. The average molecular weight is 196 g/mol. The highest BCUT2D eigenvalue weighted by Crippen LogP contribution is 2.22. The van der Waals surface area contributed by atoms with Gasteiger partial charge in [0.2, 0.25) is 0 Å². The van der Waals surface area contributed by atoms with Crippen LogP contribution in [-0.4, -0.2) is 23.4 Å². The van der Waals surface area contributed by atoms with Crippen LogP contribution in [0, 0.1) is 6.92 Å². The van der Waals surface area contributed by atoms with E-state index in [0.29, 0.717) is 6.61 Å². The van der Waals surface area contributed by atoms with Gasteiger partial charge in [-0.25, -0.2) is 0 Å². The molecule has 0 aliphatic rings. The lowest BCUT2D eigenvalue weighted by Crippen LogP contribution is -2.03. The van der Waals surface area contributed by atoms with E-state index >= 15 is 0 Å². The second kappa shape index (κ2) is 4.98. The minimum absolute atomic E-state index is 0.0115. The summed E-state index contributed by atoms with van der Waals surface area (Å²) in [6.45, 7) is 3.95. The van der Waals surface area contributed by atoms with Gasteiger partial charge in [0.1, 0.15) is 12.4 Å². The molecule has 1 aromatic carbocycles. The number of hydrogen-bond donors (Lipinski definition) is 2. The largest absolute Gasteiger partial charge is 0.491 e. The molecule has 3 nitrogen and oxygen atoms in total. The summed E-state index contributed by atoms with van der Waals surface area (Å²) >= 11 is 0. The molecule has 14 heavy (non-hydrogen) atoms. The van der Waals surface area contributed by atoms with E-state index in [-0.39, 0.29) is 6.61 Å². The fraction of sp³-hybridized carbons (Fsp3) is 0.455. The van der Waals surface area contributed by atoms with Crippen LogP contribution in [0.2, 0.25) is 0 Å². The van der Waals surface area contributed by atoms with Crippen molar-refractivity contribution >= 4 is 0 Å². The summed E-state index contributed by atoms with van der Waals surface area (Å²) in [5.41, 5.74) is 1.84. The van der Waals surface area contributed by atoms with Crippen LogP contribution in [-0.2, 0) is 0 Å². The topological polar surface area (TPSA) is 49.7 Å². The highest BCUT2D eigenvalue weighted by atomic mass is 16.5. The number of aliphatic hydroxyl groups excluding tert-OH is 2. The van der Waals surface area contributed by atoms with Gasteiger partial charge in [0.05, 0.1) is 12.7 Å². The molecule has 0 aromatic heterocycles. The third-order valence-corrected chi connectivity index (χ3v) is 2.03. The molecule has 0 spiro atoms. The monoisotopic (exact) mass is 196 g/mol. The Morgan fingerprint density at radius 3 is 2.64 bits per heavy atom. The van der Waals surface area contributed by atoms with E-state index in [1.165, 1.54) is 0 Å². The summed E-state index contributed by atoms with van der Waals surface area (Å²) in [7, 11) is 0. The Morgan fingerprint density at radius 2 is 2.14 bits per heavy atom. The third kappa shape index (κ3) is 2.72. The lowest BCUT2D eigenvalue weighted by atomic mass is 10.1. The van der Waals surface area contributed by atoms with Gasteiger partial charge in [0, 0.05) is 0 Å². The number of benzene rings is 1. The number of aryl methyl sites for hydroxylation is 1. The number of aliphatic hydroxyl groups is 2. The van der Waals surface area contributed by atoms with Crippen molar-refractivity contribution in [3.8, 4) is 5.75 Å². The molecule has 0 saturated heterocycles. The van der Waals surface area contributed by atoms with Gasteiger partial charge in [-0.3, -0.25) is 0 Å². The maximum Gasteiger partial charge on any atom is 0.122 e. The van der Waals surface area contributed by atoms with E-state index in [9.17, 15) is 5.11 Å². The molecule has 0 saturated carbocycles. The number of hydrogen-bond acceptors (Lipinski definition) is 3. The highest BCUT2D eigenvalue weighted by Gasteiger charge is 2.04. The first-order valence-corrected chi connectivity index (χ1v) is 4.67. The summed E-state index contributed by atoms with van der Waals surface area (Å²) in [5, 5.41) is 17.9. The van der Waals surface area contributed by atoms with Crippen LogP contribution in [0.15, 0.2) is 18.2 Å². The molecule has 3 heteroatoms. The van der Waals surface area contributed by atoms with Crippen molar-refractivity contribution in [3.05, 3.63) is 29.3 Å². The van der Waals surface area contributed by atoms with Crippen LogP contribution in [0.5, 0.6) is 5.75 Å². The number of ether oxygens (including phenoxy) is 1. The Hall–Kier alpha value is -1.06. The van der Waals surface area contributed by atoms with Gasteiger partial charge < -0.3 is 14.9 Å². The van der Waals surface area contributed by atoms with Gasteiger partial charge in [-0.2, -0.15) is 0 Å². The van der Waals surface area contributed by atoms with Crippen LogP contribution in [0.1, 0.15) is 24.2 Å². The standard InChI is InChI=1S/C11H16O3/c1-8-7-10(9(2)13)3-4-11(8)14-6-5-12/h3-4,7,9,12-13H,5-6H2,1-2H3. The van der Waals surface area contributed by atoms with E-state index in [4.69, 9.17) is 9.84 Å². The maximum atomic E-state index is 9.33. The second-order valence-corrected chi connectivity index (χ2v) is 3.27. The summed E-state index contributed by atoms with van der Waals surface area (Å²) < 4.78 is 5.29. The lowest BCUT2D eigenvalue weighted by molar-refractivity contribution is 0.196. The molecule has 0 bridgehead atoms. The first kappa shape index (κ1) is 11.0. The molecule has 0 amide bonds. The third-order valence-electron chi connectivity index (χ3n) is 2.03. The van der Waals surface area contributed by atoms with Gasteiger partial charge in [0.25, 0.3) is 0 Å². The molecule has 2 N–H and O–H groups in total. The number of rotatable bonds is 4. The van der Waals surface area contributed by atoms with Crippen LogP contribution >= 0.6 is 0 Å². The molecule has 1 unspecified atom stereocenters. The minimum Gasteiger partial charge on any atom is -0.491 e. The van der Waals surface area contributed by atoms with Crippen LogP contribution in [0.4, 0.5) is 0 Å². The van der Waals surface area contributed by atoms with E-state index < -0.39 is 6.10 Å². The Morgan fingerprint density at radius 1 is 1.43 bits per heavy atom. The molecular formula is C11H16O3. The second-order valence-electron chi connectivity index (χ2n) is 3.27. The van der Waals surface area contributed by atoms with Crippen molar-refractivity contribution in [1.82, 2.24) is 0 Å². The molecule has 1 atom stereocenters. The molecule has 78 valence electrons. The Balaban J connectivity index is 2.79. The van der Waals surface area contributed by atoms with Gasteiger partial charge in [0.15, 0.2) is 0 Å². The highest BCUT2D eigenvalue weighted by molar-refractivity contribution is 5.36. The lowest BCUT2D eigenvalue weighted by Gasteiger charge is -2.10. The van der Waals surface area contributed by atoms with Crippen molar-refractivity contribution in [2.24, 2.45) is 0 Å². The minimum atomic E-state index is -0.458. The molecule has 0 radical (unpaired) electrons. The average Bonchev–Trinajstić information content (AvgIpc) is 2.15. The van der Waals surface area contributed by atoms with E-state index in [0.717, 1.165) is 16.9 Å². The SMILES string of the molecule is Cc1cc(C(C)O)ccc1OCCO. The van der Waals surface area contributed by atoms with E-state index in [1.807, 2.05) is 25.1 Å². The summed E-state index contributed by atoms with van der Waals surface area (Å²) in [6.07, 6.45) is -0.458. The van der Waals surface area contributed by atoms with Crippen LogP contribution in [0.3, 0.4) is 0 Å². The molecule has 1 rings (SSSR count). The zero-order valence-corrected chi connectivity index (χ0v) is 8.53. The summed E-state index contributed by atoms with van der Waals surface area (Å²) in [5.74, 6) is 0.753. The molecular weight excluding hydrogens is 180 g/mol. The Kier molecular flexibility index (Phi) is 3.92. The van der Waals surface area contributed by atoms with E-state index in [1.54, 1.807) is 6.92 Å². The normalized spacial score (nSPS) is 12.6. The smallest absolute Gasteiger partial charge is 0.122 e. The zero-order chi connectivity index (χ0) is 10.6. The summed E-state index contributed by atoms with van der Waals surface area (Å²) in [6, 6.07) is 5.52. The van der Waals surface area contributed by atoms with Crippen LogP contribution in [0.25, 0.3) is 0 Å². The van der Waals surface area contributed by atoms with Crippen molar-refractivity contribution in [1.29, 1.82) is 0 Å². The van der Waals surface area contributed by atoms with Gasteiger partial charge in [-0.1, -0.05) is 6.07 Å². The molecule has 0 fully saturated rings. The van der Waals surface area contributed by atoms with E-state index in [2.05, 4.69) is 0 Å². The van der Waals surface area contributed by atoms with Crippen molar-refractivity contribution in [3.63, 3.8) is 0 Å². The fourth-order valence-corrected chi connectivity index (χ4v) is 1.25. The molecule has 0 aliphatic heterocycles. The molecule has 1 aromatic rings. The predicted molar refractivity (Wildman–Crippen MR) is 54.4 cm³/mol. The summed E-state index contributed by atoms with van der Waals surface area (Å²) in [4.78, 5) is 0. The van der Waals surface area contributed by atoms with Crippen molar-refractivity contribution in [2.75, 3.05) is 13.2 Å². The Labute approximate surface area is 84.0 Å². The molecule has 0 aliphatic carbocycles. The van der Waals surface area contributed by atoms with Crippen molar-refractivity contribution < 1.29 is 14.9 Å². The first-order chi connectivity index (χ1) is 6.65. The van der Waals surface area contributed by atoms with Crippen molar-refractivity contribution in [2.45, 2.75) is 20.0 Å². The predicted octanol–water partition coefficient (Wildman–Crippen LogP) is 1.42. The zero-order valence-electron chi connectivity index (χ0n) is 8.53. The first-order valence-electron chi connectivity index (χ1n) is 4.67.